The number of carbonyl (C=O) groups excluding carboxylic acids is 7. The van der Waals surface area contributed by atoms with Gasteiger partial charge >= 0.3 is 103 Å². The number of rotatable bonds is 25. The minimum Gasteiger partial charge on any atom is -1.00 e. The number of carbonyl (C=O) groups is 7. The van der Waals surface area contributed by atoms with Gasteiger partial charge < -0.3 is 57.1 Å². The van der Waals surface area contributed by atoms with Gasteiger partial charge in [0.25, 0.3) is 41.5 Å². The molecule has 0 saturated carbocycles. The van der Waals surface area contributed by atoms with E-state index in [9.17, 15) is 33.9 Å². The monoisotopic (exact) mass is 1550 g/mol. The van der Waals surface area contributed by atoms with Crippen LogP contribution >= 0.6 is 15.9 Å². The van der Waals surface area contributed by atoms with Crippen LogP contribution in [0.4, 0.5) is 0 Å². The third-order valence-electron chi connectivity index (χ3n) is 17.4. The molecule has 0 spiro atoms. The van der Waals surface area contributed by atoms with Gasteiger partial charge in [-0.05, 0) is 126 Å². The number of nitrogens with two attached hydrogens (primary N) is 3. The number of hydrogen-bond donors (Lipinski definition) is 4. The maximum atomic E-state index is 13.0. The van der Waals surface area contributed by atoms with Crippen molar-refractivity contribution >= 4 is 90.2 Å². The van der Waals surface area contributed by atoms with Crippen molar-refractivity contribution in [3.05, 3.63) is 306 Å². The number of alkyl halides is 1. The summed E-state index contributed by atoms with van der Waals surface area (Å²) in [4.78, 5) is 85.4. The predicted octanol–water partition coefficient (Wildman–Crippen LogP) is 9.33. The molecule has 0 aliphatic heterocycles. The van der Waals surface area contributed by atoms with E-state index in [1.165, 1.54) is 0 Å². The van der Waals surface area contributed by atoms with E-state index < -0.39 is 35.1 Å². The van der Waals surface area contributed by atoms with Crippen LogP contribution in [0.25, 0.3) is 66.1 Å². The first-order chi connectivity index (χ1) is 50.8. The summed E-state index contributed by atoms with van der Waals surface area (Å²) >= 11 is 3.15. The number of allylic oxidation sites excluding steroid dienone is 2. The number of fused-ring (bicyclic) bond motifs is 3. The summed E-state index contributed by atoms with van der Waals surface area (Å²) in [5, 5.41) is 22.0. The summed E-state index contributed by atoms with van der Waals surface area (Å²) in [7, 11) is 0. The summed E-state index contributed by atoms with van der Waals surface area (Å²) in [5.41, 5.74) is 32.5. The largest absolute Gasteiger partial charge is 1.00 e. The maximum absolute atomic E-state index is 13.0. The number of amides is 3. The van der Waals surface area contributed by atoms with E-state index in [1.54, 1.807) is 31.2 Å². The van der Waals surface area contributed by atoms with Crippen LogP contribution in [0, 0.1) is 20.8 Å². The zero-order valence-electron chi connectivity index (χ0n) is 62.1. The van der Waals surface area contributed by atoms with Crippen LogP contribution in [0.2, 0.25) is 0 Å². The Kier molecular flexibility index (Phi) is 34.4. The first-order valence-electron chi connectivity index (χ1n) is 33.7. The third kappa shape index (κ3) is 20.6. The van der Waals surface area contributed by atoms with Gasteiger partial charge in [-0.25, -0.2) is 0 Å². The number of ketones is 3. The molecule has 540 valence electrons. The molecule has 3 aromatic heterocycles. The molecule has 7 N–H and O–H groups in total. The summed E-state index contributed by atoms with van der Waals surface area (Å²) in [6.07, 6.45) is 6.12. The standard InChI is InChI=1S/C29H28N2O3.2C27H24N2O3.C2H5Br.CH2O3.2K.H2.H/c1-4-11-21-16-17-24-26(28(21)34-5-2)25(27(32)29(30)33)19(3)31(24)18-22-14-9-10-15-23(22)20-12-7-6-8-13-20;1-3-16-32-23-15-9-14-22-25(23)24(26(30)27(28)31)18(2)29(22)17-20-12-7-8-13-21(20)19-10-5-4-6-11-19;1-3-9-19-14-15-22-24(25(19)30)23(26(31)27(28)32)17(2)29(22)16-20-12-7-8-13-21(20)18-10-5-4-6-11-18;1-2-3;2-1-4-3;;;;/h4,6-10,12-17H,1,5,11,18H2,2-3H3,(H2,30,33);3-15H,1,16-17H2,2H3,(H2,28,31);3-8,10-15,30H,1,9,16H2,2H3,(H2,28,32);2H2,1H3;1,3H;;;1H;/q;;;;;2*+1;;-1/p-1/i;;;;;;;1+1;. The molecular formula is C86H85BrK2N6O12. The molecule has 0 saturated heterocycles. The molecule has 0 bridgehead atoms. The molecule has 9 aromatic carbocycles. The summed E-state index contributed by atoms with van der Waals surface area (Å²) < 4.78 is 17.9. The Morgan fingerprint density at radius 3 is 1.17 bits per heavy atom. The molecule has 3 heterocycles. The Labute approximate surface area is 718 Å². The average molecular weight is 1550 g/mol. The minimum atomic E-state index is -1.05. The molecule has 3 amide bonds. The number of phenolic OH excluding ortho intramolecular Hbond substituents is 1. The Hall–Kier alpha value is -9.18. The number of primary amides is 3. The molecule has 0 atom stereocenters. The number of aromatic nitrogens is 3. The Bertz CT molecular complexity index is 5200. The second kappa shape index (κ2) is 42.4. The van der Waals surface area contributed by atoms with Crippen molar-refractivity contribution in [2.75, 3.05) is 18.5 Å². The first-order valence-corrected chi connectivity index (χ1v) is 34.8. The molecule has 0 aliphatic carbocycles. The number of phenols is 1. The van der Waals surface area contributed by atoms with Gasteiger partial charge in [0, 0.05) is 43.5 Å². The van der Waals surface area contributed by atoms with Gasteiger partial charge in [-0.15, -0.1) is 13.2 Å². The van der Waals surface area contributed by atoms with Crippen LogP contribution in [0.3, 0.4) is 0 Å². The molecular weight excluding hydrogens is 1470 g/mol. The van der Waals surface area contributed by atoms with Gasteiger partial charge in [0.2, 0.25) is 0 Å². The summed E-state index contributed by atoms with van der Waals surface area (Å²) in [5.74, 6) is -4.18. The molecule has 107 heavy (non-hydrogen) atoms. The third-order valence-corrected chi connectivity index (χ3v) is 17.4. The zero-order valence-corrected chi connectivity index (χ0v) is 68.9. The fraction of sp³-hybridized carbons (Fsp3) is 0.151. The van der Waals surface area contributed by atoms with Crippen molar-refractivity contribution in [1.82, 2.24) is 13.7 Å². The summed E-state index contributed by atoms with van der Waals surface area (Å²) in [6, 6.07) is 68.0. The average Bonchev–Trinajstić information content (AvgIpc) is 1.61. The smallest absolute Gasteiger partial charge is 1.00 e. The van der Waals surface area contributed by atoms with E-state index in [-0.39, 0.29) is 136 Å². The molecule has 0 radical (unpaired) electrons. The van der Waals surface area contributed by atoms with Crippen molar-refractivity contribution in [1.29, 1.82) is 0 Å². The van der Waals surface area contributed by atoms with Gasteiger partial charge in [-0.1, -0.05) is 230 Å². The number of benzene rings is 9. The van der Waals surface area contributed by atoms with E-state index in [1.807, 2.05) is 170 Å². The Morgan fingerprint density at radius 1 is 0.467 bits per heavy atom. The number of hydrogen-bond acceptors (Lipinski definition) is 12. The van der Waals surface area contributed by atoms with Crippen LogP contribution in [0.5, 0.6) is 17.2 Å². The quantitative estimate of drug-likeness (QED) is 0.00609. The number of nitrogens with zero attached hydrogens (tertiary/aromatic N) is 3. The fourth-order valence-electron chi connectivity index (χ4n) is 12.9. The van der Waals surface area contributed by atoms with Crippen LogP contribution in [-0.4, -0.2) is 78.9 Å². The maximum Gasteiger partial charge on any atom is 1.00 e. The second-order valence-electron chi connectivity index (χ2n) is 23.8. The van der Waals surface area contributed by atoms with E-state index >= 15 is 0 Å². The minimum absolute atomic E-state index is 0. The molecule has 0 unspecified atom stereocenters. The molecule has 21 heteroatoms. The normalized spacial score (nSPS) is 10.3. The molecule has 12 aromatic rings. The van der Waals surface area contributed by atoms with Gasteiger partial charge in [0.15, 0.2) is 0 Å². The molecule has 12 rings (SSSR count). The van der Waals surface area contributed by atoms with Crippen molar-refractivity contribution in [2.24, 2.45) is 17.2 Å². The number of aromatic hydroxyl groups is 1. The van der Waals surface area contributed by atoms with Gasteiger partial charge in [-0.2, -0.15) is 0 Å². The summed E-state index contributed by atoms with van der Waals surface area (Å²) in [6.45, 7) is 22.7. The van der Waals surface area contributed by atoms with Crippen molar-refractivity contribution in [2.45, 2.75) is 67.1 Å². The van der Waals surface area contributed by atoms with E-state index in [0.29, 0.717) is 100 Å². The van der Waals surface area contributed by atoms with Crippen molar-refractivity contribution in [3.63, 3.8) is 0 Å². The zero-order chi connectivity index (χ0) is 75.9. The number of halogens is 1. The Balaban J connectivity index is 0.000000325. The second-order valence-corrected chi connectivity index (χ2v) is 25.0. The van der Waals surface area contributed by atoms with Crippen LogP contribution in [0.1, 0.15) is 92.7 Å². The van der Waals surface area contributed by atoms with E-state index in [2.05, 4.69) is 112 Å². The topological polar surface area (TPSA) is 283 Å². The number of Topliss-reactive ketones (excluding diaryl/α,β-unsaturated/α-hetero) is 3. The predicted molar refractivity (Wildman–Crippen MR) is 420 cm³/mol. The van der Waals surface area contributed by atoms with Gasteiger partial charge in [0.05, 0.1) is 56.0 Å². The van der Waals surface area contributed by atoms with Crippen molar-refractivity contribution in [3.8, 4) is 50.6 Å². The number of ether oxygens (including phenoxy) is 2. The Morgan fingerprint density at radius 2 is 0.804 bits per heavy atom. The van der Waals surface area contributed by atoms with Crippen molar-refractivity contribution < 1.29 is 164 Å². The first kappa shape index (κ1) is 86.7. The van der Waals surface area contributed by atoms with Crippen LogP contribution < -0.4 is 135 Å². The van der Waals surface area contributed by atoms with E-state index in [4.69, 9.17) is 36.7 Å². The van der Waals surface area contributed by atoms with Crippen LogP contribution in [-0.2, 0) is 56.5 Å². The van der Waals surface area contributed by atoms with Gasteiger partial charge in [0.1, 0.15) is 23.9 Å². The van der Waals surface area contributed by atoms with Gasteiger partial charge in [-0.3, -0.25) is 33.6 Å². The van der Waals surface area contributed by atoms with Crippen LogP contribution in [0.15, 0.2) is 244 Å². The molecule has 0 aliphatic rings. The molecule has 18 nitrogen and oxygen atoms in total. The SMILES string of the molecule is C=CCOc1cccc2c1c(C(=O)C(N)=O)c(C)n2Cc1ccccc1-c1ccccc1.C=CCc1ccc2c(c1O)c(C(=O)C(N)=O)c(C)n2Cc1ccccc1-c1ccccc1.C=CCc1ccc2c(c1OCC)c(C(=O)C(N)=O)c(C)n2Cc1ccccc1-c1ccccc1.CCBr.O=CO[O-].[2HH].[H-].[K+].[K+]. The fourth-order valence-corrected chi connectivity index (χ4v) is 12.9. The van der Waals surface area contributed by atoms with E-state index in [0.717, 1.165) is 72.0 Å². The molecule has 0 fully saturated rings.